The molecule has 0 radical (unpaired) electrons. The van der Waals surface area contributed by atoms with Gasteiger partial charge >= 0.3 is 6.18 Å². The van der Waals surface area contributed by atoms with Gasteiger partial charge in [0.2, 0.25) is 5.91 Å². The molecule has 9 nitrogen and oxygen atoms in total. The van der Waals surface area contributed by atoms with E-state index in [0.29, 0.717) is 24.3 Å². The van der Waals surface area contributed by atoms with Gasteiger partial charge < -0.3 is 16.0 Å². The molecule has 0 unspecified atom stereocenters. The smallest absolute Gasteiger partial charge is 0.360 e. The Hall–Kier alpha value is -3.77. The third kappa shape index (κ3) is 8.36. The molecule has 1 aliphatic rings. The van der Waals surface area contributed by atoms with Crippen LogP contribution in [-0.2, 0) is 16.1 Å². The third-order valence-corrected chi connectivity index (χ3v) is 6.71. The maximum atomic E-state index is 13.6. The lowest BCUT2D eigenvalue weighted by atomic mass is 10.1. The molecule has 0 spiro atoms. The van der Waals surface area contributed by atoms with Crippen LogP contribution in [0.2, 0.25) is 0 Å². The number of hydrogen-bond acceptors (Lipinski definition) is 7. The second-order valence-electron chi connectivity index (χ2n) is 8.69. The van der Waals surface area contributed by atoms with Crippen molar-refractivity contribution in [3.63, 3.8) is 0 Å². The number of rotatable bonds is 8. The van der Waals surface area contributed by atoms with Crippen LogP contribution in [0.4, 0.5) is 33.3 Å². The van der Waals surface area contributed by atoms with Crippen molar-refractivity contribution in [1.82, 2.24) is 14.8 Å². The molecule has 15 heteroatoms. The molecule has 1 aliphatic heterocycles. The number of aromatic nitrogens is 1. The van der Waals surface area contributed by atoms with Gasteiger partial charge in [0.05, 0.1) is 13.1 Å². The first-order valence-electron chi connectivity index (χ1n) is 11.8. The summed E-state index contributed by atoms with van der Waals surface area (Å²) in [5, 5.41) is 16.5. The summed E-state index contributed by atoms with van der Waals surface area (Å²) in [4.78, 5) is 38.7. The van der Waals surface area contributed by atoms with Gasteiger partial charge in [-0.3, -0.25) is 23.9 Å². The fourth-order valence-electron chi connectivity index (χ4n) is 3.88. The van der Waals surface area contributed by atoms with Crippen LogP contribution in [0.25, 0.3) is 11.8 Å². The van der Waals surface area contributed by atoms with E-state index >= 15 is 0 Å². The number of nitriles is 1. The molecule has 39 heavy (non-hydrogen) atoms. The second-order valence-corrected chi connectivity index (χ2v) is 9.72. The van der Waals surface area contributed by atoms with Crippen molar-refractivity contribution in [2.24, 2.45) is 0 Å². The summed E-state index contributed by atoms with van der Waals surface area (Å²) in [5.41, 5.74) is -0.369. The molecule has 3 rings (SSSR count). The predicted octanol–water partition coefficient (Wildman–Crippen LogP) is 1.80. The van der Waals surface area contributed by atoms with Gasteiger partial charge in [0.1, 0.15) is 21.8 Å². The number of nitrogens with zero attached hydrogens (tertiary/aromatic N) is 3. The highest BCUT2D eigenvalue weighted by molar-refractivity contribution is 7.07. The molecule has 2 heterocycles. The van der Waals surface area contributed by atoms with Crippen molar-refractivity contribution in [3.8, 4) is 6.07 Å². The summed E-state index contributed by atoms with van der Waals surface area (Å²) in [7, 11) is 0. The van der Waals surface area contributed by atoms with E-state index in [4.69, 9.17) is 0 Å². The van der Waals surface area contributed by atoms with Gasteiger partial charge in [-0.05, 0) is 38.1 Å². The number of carbonyl (C=O) groups is 2. The highest BCUT2D eigenvalue weighted by Crippen LogP contribution is 2.26. The zero-order chi connectivity index (χ0) is 28.8. The lowest BCUT2D eigenvalue weighted by Crippen LogP contribution is -2.45. The van der Waals surface area contributed by atoms with Crippen molar-refractivity contribution in [3.05, 3.63) is 43.8 Å². The number of nitrogens with one attached hydrogen (secondary N) is 3. The Morgan fingerprint density at radius 1 is 1.26 bits per heavy atom. The number of carbonyl (C=O) groups excluding carboxylic acids is 2. The average molecular weight is 573 g/mol. The Labute approximate surface area is 223 Å². The van der Waals surface area contributed by atoms with Gasteiger partial charge in [0.15, 0.2) is 5.57 Å². The van der Waals surface area contributed by atoms with Crippen LogP contribution in [0, 0.1) is 11.3 Å². The third-order valence-electron chi connectivity index (χ3n) is 5.58. The van der Waals surface area contributed by atoms with Gasteiger partial charge in [-0.15, -0.1) is 11.3 Å². The van der Waals surface area contributed by atoms with E-state index in [0.717, 1.165) is 15.9 Å². The van der Waals surface area contributed by atoms with Gasteiger partial charge in [-0.1, -0.05) is 6.07 Å². The summed E-state index contributed by atoms with van der Waals surface area (Å²) in [5.74, 6) is -4.55. The van der Waals surface area contributed by atoms with E-state index in [1.165, 1.54) is 11.1 Å². The first kappa shape index (κ1) is 29.8. The highest BCUT2D eigenvalue weighted by Gasteiger charge is 2.35. The van der Waals surface area contributed by atoms with E-state index in [2.05, 4.69) is 10.6 Å². The molecule has 1 aromatic heterocycles. The molecule has 1 fully saturated rings. The van der Waals surface area contributed by atoms with Crippen LogP contribution in [-0.4, -0.2) is 59.6 Å². The average Bonchev–Trinajstić information content (AvgIpc) is 3.15. The minimum Gasteiger partial charge on any atom is -0.360 e. The maximum absolute atomic E-state index is 13.6. The molecule has 2 aromatic rings. The molecule has 1 aromatic carbocycles. The van der Waals surface area contributed by atoms with Crippen LogP contribution in [0.3, 0.4) is 0 Å². The zero-order valence-electron chi connectivity index (χ0n) is 20.7. The number of benzene rings is 1. The number of anilines is 2. The minimum absolute atomic E-state index is 0.0563. The Morgan fingerprint density at radius 2 is 1.97 bits per heavy atom. The van der Waals surface area contributed by atoms with Gasteiger partial charge in [-0.2, -0.15) is 18.4 Å². The van der Waals surface area contributed by atoms with Crippen LogP contribution < -0.4 is 30.7 Å². The Bertz CT molecular complexity index is 1440. The summed E-state index contributed by atoms with van der Waals surface area (Å²) >= 11 is 0.753. The second kappa shape index (κ2) is 12.4. The number of halogens is 5. The monoisotopic (exact) mass is 572 g/mol. The maximum Gasteiger partial charge on any atom is 0.405 e. The molecule has 1 saturated heterocycles. The molecule has 210 valence electrons. The van der Waals surface area contributed by atoms with E-state index in [1.807, 2.05) is 0 Å². The van der Waals surface area contributed by atoms with E-state index < -0.39 is 48.1 Å². The van der Waals surface area contributed by atoms with E-state index in [9.17, 15) is 41.6 Å². The summed E-state index contributed by atoms with van der Waals surface area (Å²) in [6.07, 6.45) is -3.27. The standard InChI is InChI=1S/C24H25F5N6O3S/c1-2-35-21(38)18(39-22(35)17(10-30)20(37)32-13-24(27,28)29)11-31-15-5-3-6-16(9-15)33-19(36)12-34-8-4-7-23(25,26)14-34/h3,5-6,9,11,31H,2,4,7-8,12-14H2,1H3,(H,32,37)(H,33,36). The van der Waals surface area contributed by atoms with Crippen LogP contribution >= 0.6 is 11.3 Å². The lowest BCUT2D eigenvalue weighted by Gasteiger charge is -2.31. The molecule has 0 atom stereocenters. The molecular weight excluding hydrogens is 547 g/mol. The lowest BCUT2D eigenvalue weighted by molar-refractivity contribution is -0.135. The fraction of sp³-hybridized carbons (Fsp3) is 0.417. The largest absolute Gasteiger partial charge is 0.405 e. The predicted molar refractivity (Wildman–Crippen MR) is 135 cm³/mol. The van der Waals surface area contributed by atoms with Crippen molar-refractivity contribution < 1.29 is 31.5 Å². The first-order chi connectivity index (χ1) is 18.3. The topological polar surface area (TPSA) is 119 Å². The van der Waals surface area contributed by atoms with Gasteiger partial charge in [-0.25, -0.2) is 8.78 Å². The fourth-order valence-corrected chi connectivity index (χ4v) is 4.96. The molecule has 0 saturated carbocycles. The molecule has 2 amide bonds. The summed E-state index contributed by atoms with van der Waals surface area (Å²) in [6.45, 7) is -0.273. The highest BCUT2D eigenvalue weighted by atomic mass is 32.1. The SMILES string of the molecule is CCn1c(=C(C#N)C(=O)NCC(F)(F)F)sc(=CNc2cccc(NC(=O)CN3CCCC(F)(F)C3)c2)c1=O. The van der Waals surface area contributed by atoms with Gasteiger partial charge in [0, 0.05) is 30.5 Å². The van der Waals surface area contributed by atoms with E-state index in [-0.39, 0.29) is 28.7 Å². The number of hydrogen-bond donors (Lipinski definition) is 3. The Balaban J connectivity index is 1.78. The molecule has 0 aliphatic carbocycles. The van der Waals surface area contributed by atoms with Crippen LogP contribution in [0.1, 0.15) is 19.8 Å². The van der Waals surface area contributed by atoms with Crippen LogP contribution in [0.15, 0.2) is 29.1 Å². The minimum atomic E-state index is -4.67. The Kier molecular flexibility index (Phi) is 9.46. The number of likely N-dealkylation sites (tertiary alicyclic amines) is 1. The molecule has 3 N–H and O–H groups in total. The quantitative estimate of drug-likeness (QED) is 0.416. The Morgan fingerprint density at radius 3 is 2.62 bits per heavy atom. The van der Waals surface area contributed by atoms with Crippen molar-refractivity contribution in [1.29, 1.82) is 5.26 Å². The summed E-state index contributed by atoms with van der Waals surface area (Å²) in [6, 6.07) is 7.94. The summed E-state index contributed by atoms with van der Waals surface area (Å²) < 4.78 is 65.6. The van der Waals surface area contributed by atoms with Gasteiger partial charge in [0.25, 0.3) is 17.4 Å². The van der Waals surface area contributed by atoms with Crippen LogP contribution in [0.5, 0.6) is 0 Å². The number of piperidine rings is 1. The van der Waals surface area contributed by atoms with Crippen molar-refractivity contribution >= 4 is 46.3 Å². The normalized spacial score (nSPS) is 16.8. The first-order valence-corrected chi connectivity index (χ1v) is 12.6. The zero-order valence-corrected chi connectivity index (χ0v) is 21.5. The molecular formula is C24H25F5N6O3S. The number of thiazole rings is 1. The van der Waals surface area contributed by atoms with Crippen molar-refractivity contribution in [2.45, 2.75) is 38.4 Å². The number of amides is 2. The van der Waals surface area contributed by atoms with Crippen molar-refractivity contribution in [2.75, 3.05) is 36.8 Å². The molecule has 0 bridgehead atoms. The van der Waals surface area contributed by atoms with E-state index in [1.54, 1.807) is 42.6 Å². The number of alkyl halides is 5.